The minimum absolute atomic E-state index is 0.0620. The summed E-state index contributed by atoms with van der Waals surface area (Å²) in [7, 11) is 0.240. The lowest BCUT2D eigenvalue weighted by molar-refractivity contribution is -0.136. The topological polar surface area (TPSA) is 88.4 Å². The van der Waals surface area contributed by atoms with Gasteiger partial charge in [0.2, 0.25) is 0 Å². The fourth-order valence-corrected chi connectivity index (χ4v) is 2.76. The average Bonchev–Trinajstić information content (AvgIpc) is 2.71. The van der Waals surface area contributed by atoms with Crippen LogP contribution in [-0.4, -0.2) is 59.4 Å². The smallest absolute Gasteiger partial charge is 0.423 e. The number of rotatable bonds is 10. The van der Waals surface area contributed by atoms with Gasteiger partial charge in [0.15, 0.2) is 0 Å². The fraction of sp³-hybridized carbons (Fsp3) is 0.333. The standard InChI is InChI=1S/C21H29BN4O3/c1-17(2)14-26(23-3)21(27)16-25(15-19-7-5-4-6-8-19)24-13-18-9-11-20(12-10-18)22(28)29/h4-13,17,23,28-29H,14-16H2,1-3H3/b24-13-. The molecule has 8 heteroatoms. The summed E-state index contributed by atoms with van der Waals surface area (Å²) in [5.41, 5.74) is 5.22. The van der Waals surface area contributed by atoms with Crippen molar-refractivity contribution in [2.45, 2.75) is 20.4 Å². The number of amides is 1. The Hall–Kier alpha value is -2.68. The van der Waals surface area contributed by atoms with Gasteiger partial charge in [0.1, 0.15) is 6.54 Å². The number of carbonyl (C=O) groups excluding carboxylic acids is 1. The molecule has 0 saturated heterocycles. The van der Waals surface area contributed by atoms with Crippen LogP contribution in [0.2, 0.25) is 0 Å². The van der Waals surface area contributed by atoms with Crippen LogP contribution in [0.4, 0.5) is 0 Å². The molecule has 0 aliphatic carbocycles. The Morgan fingerprint density at radius 1 is 1.14 bits per heavy atom. The molecule has 154 valence electrons. The van der Waals surface area contributed by atoms with E-state index >= 15 is 0 Å². The number of benzene rings is 2. The number of carbonyl (C=O) groups is 1. The van der Waals surface area contributed by atoms with Crippen LogP contribution in [0.1, 0.15) is 25.0 Å². The molecule has 0 heterocycles. The second kappa shape index (κ2) is 11.4. The Morgan fingerprint density at radius 3 is 2.34 bits per heavy atom. The van der Waals surface area contributed by atoms with Gasteiger partial charge in [-0.3, -0.25) is 14.8 Å². The zero-order valence-corrected chi connectivity index (χ0v) is 17.2. The van der Waals surface area contributed by atoms with Gasteiger partial charge in [-0.1, -0.05) is 68.4 Å². The van der Waals surface area contributed by atoms with E-state index in [4.69, 9.17) is 0 Å². The van der Waals surface area contributed by atoms with E-state index in [0.717, 1.165) is 11.1 Å². The number of hydrogen-bond donors (Lipinski definition) is 3. The first-order valence-corrected chi connectivity index (χ1v) is 9.65. The molecule has 0 unspecified atom stereocenters. The summed E-state index contributed by atoms with van der Waals surface area (Å²) in [6.45, 7) is 5.36. The molecule has 2 aromatic carbocycles. The quantitative estimate of drug-likeness (QED) is 0.315. The monoisotopic (exact) mass is 396 g/mol. The third-order valence-corrected chi connectivity index (χ3v) is 4.25. The van der Waals surface area contributed by atoms with Crippen LogP contribution in [0.25, 0.3) is 0 Å². The van der Waals surface area contributed by atoms with Crippen molar-refractivity contribution in [1.29, 1.82) is 0 Å². The molecule has 0 aliphatic rings. The molecule has 2 aromatic rings. The van der Waals surface area contributed by atoms with E-state index in [1.165, 1.54) is 0 Å². The van der Waals surface area contributed by atoms with Gasteiger partial charge in [0, 0.05) is 13.6 Å². The molecule has 2 rings (SSSR count). The maximum atomic E-state index is 12.7. The lowest BCUT2D eigenvalue weighted by atomic mass is 9.80. The van der Waals surface area contributed by atoms with E-state index in [0.29, 0.717) is 24.5 Å². The van der Waals surface area contributed by atoms with Gasteiger partial charge < -0.3 is 10.0 Å². The molecular formula is C21H29BN4O3. The number of nitrogens with zero attached hydrogens (tertiary/aromatic N) is 3. The van der Waals surface area contributed by atoms with Crippen LogP contribution in [0.5, 0.6) is 0 Å². The Morgan fingerprint density at radius 2 is 1.79 bits per heavy atom. The van der Waals surface area contributed by atoms with Gasteiger partial charge in [0.05, 0.1) is 12.8 Å². The van der Waals surface area contributed by atoms with Crippen molar-refractivity contribution in [3.8, 4) is 0 Å². The molecule has 0 aliphatic heterocycles. The van der Waals surface area contributed by atoms with Crippen molar-refractivity contribution < 1.29 is 14.8 Å². The Bertz CT molecular complexity index is 782. The van der Waals surface area contributed by atoms with Gasteiger partial charge in [-0.25, -0.2) is 5.43 Å². The first-order valence-electron chi connectivity index (χ1n) is 9.65. The first kappa shape index (κ1) is 22.6. The maximum Gasteiger partial charge on any atom is 0.488 e. The minimum atomic E-state index is -1.50. The van der Waals surface area contributed by atoms with Crippen LogP contribution in [0, 0.1) is 5.92 Å². The molecular weight excluding hydrogens is 367 g/mol. The zero-order valence-electron chi connectivity index (χ0n) is 17.2. The van der Waals surface area contributed by atoms with E-state index in [1.807, 2.05) is 30.3 Å². The molecule has 0 spiro atoms. The molecule has 0 saturated carbocycles. The largest absolute Gasteiger partial charge is 0.488 e. The number of hydrazone groups is 1. The van der Waals surface area contributed by atoms with Gasteiger partial charge in [-0.15, -0.1) is 0 Å². The fourth-order valence-electron chi connectivity index (χ4n) is 2.76. The highest BCUT2D eigenvalue weighted by Gasteiger charge is 2.17. The second-order valence-electron chi connectivity index (χ2n) is 7.21. The van der Waals surface area contributed by atoms with Crippen molar-refractivity contribution >= 4 is 24.7 Å². The molecule has 3 N–H and O–H groups in total. The minimum Gasteiger partial charge on any atom is -0.423 e. The highest BCUT2D eigenvalue weighted by atomic mass is 16.4. The summed E-state index contributed by atoms with van der Waals surface area (Å²) in [6, 6.07) is 16.6. The molecule has 0 bridgehead atoms. The molecule has 0 aromatic heterocycles. The van der Waals surface area contributed by atoms with Gasteiger partial charge in [-0.2, -0.15) is 5.10 Å². The maximum absolute atomic E-state index is 12.7. The Labute approximate surface area is 172 Å². The first-order chi connectivity index (χ1) is 13.9. The highest BCUT2D eigenvalue weighted by molar-refractivity contribution is 6.58. The Balaban J connectivity index is 2.14. The molecule has 0 atom stereocenters. The van der Waals surface area contributed by atoms with Crippen molar-refractivity contribution in [3.05, 3.63) is 65.7 Å². The van der Waals surface area contributed by atoms with Crippen LogP contribution < -0.4 is 10.9 Å². The number of hydrazine groups is 1. The zero-order chi connectivity index (χ0) is 21.2. The van der Waals surface area contributed by atoms with E-state index in [-0.39, 0.29) is 12.5 Å². The van der Waals surface area contributed by atoms with Crippen LogP contribution >= 0.6 is 0 Å². The van der Waals surface area contributed by atoms with Crippen LogP contribution in [0.15, 0.2) is 59.7 Å². The summed E-state index contributed by atoms with van der Waals surface area (Å²) in [5.74, 6) is 0.283. The van der Waals surface area contributed by atoms with Gasteiger partial charge in [-0.05, 0) is 22.5 Å². The predicted octanol–water partition coefficient (Wildman–Crippen LogP) is 0.821. The normalized spacial score (nSPS) is 11.1. The third kappa shape index (κ3) is 7.69. The van der Waals surface area contributed by atoms with Crippen molar-refractivity contribution in [2.75, 3.05) is 20.1 Å². The summed E-state index contributed by atoms with van der Waals surface area (Å²) in [6.07, 6.45) is 1.66. The molecule has 7 nitrogen and oxygen atoms in total. The number of nitrogens with one attached hydrogen (secondary N) is 1. The van der Waals surface area contributed by atoms with Crippen molar-refractivity contribution in [3.63, 3.8) is 0 Å². The van der Waals surface area contributed by atoms with E-state index in [9.17, 15) is 14.8 Å². The van der Waals surface area contributed by atoms with Crippen molar-refractivity contribution in [1.82, 2.24) is 15.4 Å². The lowest BCUT2D eigenvalue weighted by Crippen LogP contribution is -2.46. The van der Waals surface area contributed by atoms with Gasteiger partial charge >= 0.3 is 7.12 Å². The summed E-state index contributed by atoms with van der Waals surface area (Å²) >= 11 is 0. The summed E-state index contributed by atoms with van der Waals surface area (Å²) < 4.78 is 0. The average molecular weight is 396 g/mol. The van der Waals surface area contributed by atoms with Crippen LogP contribution in [-0.2, 0) is 11.3 Å². The van der Waals surface area contributed by atoms with Crippen LogP contribution in [0.3, 0.4) is 0 Å². The number of hydrogen-bond acceptors (Lipinski definition) is 6. The second-order valence-corrected chi connectivity index (χ2v) is 7.21. The third-order valence-electron chi connectivity index (χ3n) is 4.25. The van der Waals surface area contributed by atoms with E-state index in [1.54, 1.807) is 47.5 Å². The molecule has 29 heavy (non-hydrogen) atoms. The molecule has 0 radical (unpaired) electrons. The Kier molecular flexibility index (Phi) is 8.86. The molecule has 0 fully saturated rings. The SMILES string of the molecule is CNN(CC(C)C)C(=O)CN(Cc1ccccc1)/N=C\c1ccc(B(O)O)cc1. The van der Waals surface area contributed by atoms with E-state index in [2.05, 4.69) is 24.4 Å². The lowest BCUT2D eigenvalue weighted by Gasteiger charge is -2.26. The predicted molar refractivity (Wildman–Crippen MR) is 116 cm³/mol. The highest BCUT2D eigenvalue weighted by Crippen LogP contribution is 2.07. The van der Waals surface area contributed by atoms with Crippen molar-refractivity contribution in [2.24, 2.45) is 11.0 Å². The summed E-state index contributed by atoms with van der Waals surface area (Å²) in [5, 5.41) is 26.2. The van der Waals surface area contributed by atoms with Gasteiger partial charge in [0.25, 0.3) is 5.91 Å². The van der Waals surface area contributed by atoms with E-state index < -0.39 is 7.12 Å². The molecule has 1 amide bonds. The summed E-state index contributed by atoms with van der Waals surface area (Å²) in [4.78, 5) is 12.7.